The molecule has 4 aromatic carbocycles. The predicted octanol–water partition coefficient (Wildman–Crippen LogP) is 19.1. The van der Waals surface area contributed by atoms with Gasteiger partial charge in [0.1, 0.15) is 11.4 Å². The first-order valence-electron chi connectivity index (χ1n) is 31.0. The van der Waals surface area contributed by atoms with E-state index in [4.69, 9.17) is 32.2 Å². The molecule has 0 N–H and O–H groups in total. The fourth-order valence-corrected chi connectivity index (χ4v) is 14.6. The van der Waals surface area contributed by atoms with Crippen LogP contribution in [0.4, 0.5) is 0 Å². The SMILES string of the molecule is COc1ccc(C2OC[C@H](C)[C@@H]([C@@H](C)C(=O)/C=C/[C@H](C)C[C@H](C)[C@@H](O[Si](C)(C)C(C)(C)C)[C@@H](C)/C=C\[C@H](C[C@H](O[Si](C)(C)C(C)(C)C)[C@H](C)/C=C/COC(c3ccccc3)(c3ccccc3)c3ccccc3)O[Si](C)(C)C(C)(C)C)O2)cc1. The number of rotatable bonds is 28. The third-order valence-corrected chi connectivity index (χ3v) is 32.4. The lowest BCUT2D eigenvalue weighted by molar-refractivity contribution is -0.247. The van der Waals surface area contributed by atoms with Crippen LogP contribution in [0.15, 0.2) is 152 Å². The molecule has 1 aliphatic rings. The van der Waals surface area contributed by atoms with E-state index >= 15 is 0 Å². The minimum atomic E-state index is -2.30. The minimum absolute atomic E-state index is 0.000703. The van der Waals surface area contributed by atoms with Gasteiger partial charge in [-0.05, 0) is 119 Å². The topological polar surface area (TPSA) is 81.7 Å². The van der Waals surface area contributed by atoms with Gasteiger partial charge >= 0.3 is 0 Å². The van der Waals surface area contributed by atoms with Gasteiger partial charge in [0.05, 0.1) is 44.7 Å². The van der Waals surface area contributed by atoms with Gasteiger partial charge in [0.2, 0.25) is 0 Å². The molecule has 11 heteroatoms. The van der Waals surface area contributed by atoms with E-state index in [0.29, 0.717) is 19.6 Å². The summed E-state index contributed by atoms with van der Waals surface area (Å²) in [5, 5.41) is 0.00918. The molecule has 458 valence electrons. The molecular weight excluding hydrogens is 1080 g/mol. The van der Waals surface area contributed by atoms with Gasteiger partial charge in [0, 0.05) is 23.8 Å². The molecule has 8 nitrogen and oxygen atoms in total. The summed E-state index contributed by atoms with van der Waals surface area (Å²) < 4.78 is 47.8. The summed E-state index contributed by atoms with van der Waals surface area (Å²) in [6.45, 7) is 49.3. The van der Waals surface area contributed by atoms with Crippen molar-refractivity contribution in [2.24, 2.45) is 35.5 Å². The van der Waals surface area contributed by atoms with Crippen LogP contribution >= 0.6 is 0 Å². The molecule has 4 aromatic rings. The molecule has 0 saturated carbocycles. The van der Waals surface area contributed by atoms with Crippen molar-refractivity contribution in [2.75, 3.05) is 20.3 Å². The van der Waals surface area contributed by atoms with Crippen molar-refractivity contribution in [3.8, 4) is 5.75 Å². The second-order valence-electron chi connectivity index (χ2n) is 28.8. The number of hydrogen-bond acceptors (Lipinski definition) is 8. The highest BCUT2D eigenvalue weighted by Crippen LogP contribution is 2.45. The molecule has 0 aliphatic carbocycles. The standard InChI is InChI=1S/C72H110O8Si3/c1-52(40-47-64(73)57(6)67-56(5)51-75-68(77-67)58-42-45-62(74-16)46-43-58)49-55(4)66(80-83(21,22)71(13,14)15)54(3)41-44-63(78-81(17,18)69(7,8)9)50-65(79-82(19,20)70(10,11)12)53(2)33-32-48-76-72(59-34-26-23-27-35-59,60-36-28-24-29-37-60)61-38-30-25-31-39-61/h23-47,52-57,63,65-68H,48-51H2,1-22H3/b33-32+,44-41-,47-40+/t52-,53+,54-,55-,56-,57-,63+,65-,66-,67-,68?/m0/s1. The lowest BCUT2D eigenvalue weighted by Crippen LogP contribution is -2.48. The van der Waals surface area contributed by atoms with Crippen LogP contribution in [0.2, 0.25) is 54.4 Å². The first-order chi connectivity index (χ1) is 38.6. The van der Waals surface area contributed by atoms with Crippen molar-refractivity contribution in [2.45, 2.75) is 207 Å². The van der Waals surface area contributed by atoms with E-state index in [2.05, 4.69) is 258 Å². The molecule has 1 saturated heterocycles. The average molecular weight is 1190 g/mol. The number of benzene rings is 4. The Morgan fingerprint density at radius 1 is 0.602 bits per heavy atom. The van der Waals surface area contributed by atoms with Crippen molar-refractivity contribution in [1.29, 1.82) is 0 Å². The van der Waals surface area contributed by atoms with Crippen LogP contribution in [-0.2, 0) is 37.9 Å². The van der Waals surface area contributed by atoms with Gasteiger partial charge in [-0.3, -0.25) is 4.79 Å². The third-order valence-electron chi connectivity index (χ3n) is 18.9. The van der Waals surface area contributed by atoms with Crippen LogP contribution < -0.4 is 4.74 Å². The summed E-state index contributed by atoms with van der Waals surface area (Å²) in [4.78, 5) is 14.0. The molecular formula is C72H110O8Si3. The second kappa shape index (κ2) is 29.6. The summed E-state index contributed by atoms with van der Waals surface area (Å²) in [6.07, 6.45) is 13.5. The summed E-state index contributed by atoms with van der Waals surface area (Å²) in [5.41, 5.74) is 3.33. The maximum absolute atomic E-state index is 14.0. The Morgan fingerprint density at radius 2 is 1.08 bits per heavy atom. The first kappa shape index (κ1) is 69.7. The van der Waals surface area contributed by atoms with Gasteiger partial charge in [-0.1, -0.05) is 237 Å². The Labute approximate surface area is 508 Å². The monoisotopic (exact) mass is 1190 g/mol. The van der Waals surface area contributed by atoms with Crippen molar-refractivity contribution in [3.63, 3.8) is 0 Å². The van der Waals surface area contributed by atoms with E-state index in [0.717, 1.165) is 34.4 Å². The number of ether oxygens (including phenoxy) is 4. The fourth-order valence-electron chi connectivity index (χ4n) is 10.4. The van der Waals surface area contributed by atoms with E-state index in [1.807, 2.05) is 31.2 Å². The lowest BCUT2D eigenvalue weighted by atomic mass is 9.80. The van der Waals surface area contributed by atoms with Gasteiger partial charge in [0.25, 0.3) is 0 Å². The maximum atomic E-state index is 14.0. The van der Waals surface area contributed by atoms with Crippen LogP contribution in [-0.4, -0.2) is 75.5 Å². The normalized spacial score (nSPS) is 20.2. The number of carbonyl (C=O) groups is 1. The quantitative estimate of drug-likeness (QED) is 0.0241. The smallest absolute Gasteiger partial charge is 0.192 e. The molecule has 0 aromatic heterocycles. The Morgan fingerprint density at radius 3 is 1.57 bits per heavy atom. The van der Waals surface area contributed by atoms with Crippen molar-refractivity contribution in [3.05, 3.63) is 174 Å². The number of hydrogen-bond donors (Lipinski definition) is 0. The van der Waals surface area contributed by atoms with Gasteiger partial charge < -0.3 is 32.2 Å². The van der Waals surface area contributed by atoms with E-state index < -0.39 is 36.8 Å². The molecule has 0 bridgehead atoms. The minimum Gasteiger partial charge on any atom is -0.497 e. The van der Waals surface area contributed by atoms with Gasteiger partial charge in [-0.25, -0.2) is 0 Å². The molecule has 11 atom stereocenters. The third kappa shape index (κ3) is 18.7. The highest BCUT2D eigenvalue weighted by atomic mass is 28.4. The number of ketones is 1. The highest BCUT2D eigenvalue weighted by Gasteiger charge is 2.45. The van der Waals surface area contributed by atoms with Crippen LogP contribution in [0.5, 0.6) is 5.75 Å². The van der Waals surface area contributed by atoms with E-state index in [-0.39, 0.29) is 80.8 Å². The maximum Gasteiger partial charge on any atom is 0.192 e. The average Bonchev–Trinajstić information content (AvgIpc) is 3.48. The zero-order valence-corrected chi connectivity index (χ0v) is 58.4. The van der Waals surface area contributed by atoms with E-state index in [1.54, 1.807) is 13.2 Å². The fraction of sp³-hybridized carbons (Fsp3) is 0.569. The zero-order valence-electron chi connectivity index (χ0n) is 55.4. The summed E-state index contributed by atoms with van der Waals surface area (Å²) in [6, 6.07) is 39.5. The van der Waals surface area contributed by atoms with Crippen LogP contribution in [0.25, 0.3) is 0 Å². The summed E-state index contributed by atoms with van der Waals surface area (Å²) >= 11 is 0. The van der Waals surface area contributed by atoms with Gasteiger partial charge in [0.15, 0.2) is 37.0 Å². The van der Waals surface area contributed by atoms with Crippen LogP contribution in [0.1, 0.15) is 145 Å². The molecule has 1 heterocycles. The lowest BCUT2D eigenvalue weighted by Gasteiger charge is -2.43. The molecule has 1 aliphatic heterocycles. The molecule has 0 radical (unpaired) electrons. The molecule has 1 fully saturated rings. The zero-order chi connectivity index (χ0) is 61.8. The van der Waals surface area contributed by atoms with Gasteiger partial charge in [-0.2, -0.15) is 0 Å². The summed E-state index contributed by atoms with van der Waals surface area (Å²) in [5.74, 6) is 1.02. The number of allylic oxidation sites excluding steroid dienone is 2. The molecule has 5 rings (SSSR count). The molecule has 1 unspecified atom stereocenters. The predicted molar refractivity (Wildman–Crippen MR) is 355 cm³/mol. The van der Waals surface area contributed by atoms with E-state index in [9.17, 15) is 4.79 Å². The van der Waals surface area contributed by atoms with E-state index in [1.165, 1.54) is 0 Å². The molecule has 0 spiro atoms. The Bertz CT molecular complexity index is 2570. The Hall–Kier alpha value is -4.02. The Kier molecular flexibility index (Phi) is 24.9. The van der Waals surface area contributed by atoms with Crippen LogP contribution in [0.3, 0.4) is 0 Å². The molecule has 83 heavy (non-hydrogen) atoms. The highest BCUT2D eigenvalue weighted by molar-refractivity contribution is 6.75. The first-order valence-corrected chi connectivity index (χ1v) is 39.7. The largest absolute Gasteiger partial charge is 0.497 e. The number of carbonyl (C=O) groups excluding carboxylic acids is 1. The summed E-state index contributed by atoms with van der Waals surface area (Å²) in [7, 11) is -5.17. The van der Waals surface area contributed by atoms with Crippen LogP contribution in [0, 0.1) is 35.5 Å². The van der Waals surface area contributed by atoms with Crippen molar-refractivity contribution < 1.29 is 37.0 Å². The van der Waals surface area contributed by atoms with Gasteiger partial charge in [-0.15, -0.1) is 0 Å². The second-order valence-corrected chi connectivity index (χ2v) is 43.1. The molecule has 0 amide bonds. The Balaban J connectivity index is 1.43. The van der Waals surface area contributed by atoms with Crippen molar-refractivity contribution >= 4 is 30.7 Å². The van der Waals surface area contributed by atoms with Crippen molar-refractivity contribution in [1.82, 2.24) is 0 Å². The number of methoxy groups -OCH3 is 1.